The molecule has 1 aliphatic rings. The first-order valence-electron chi connectivity index (χ1n) is 5.30. The Morgan fingerprint density at radius 2 is 2.12 bits per heavy atom. The second kappa shape index (κ2) is 7.46. The minimum absolute atomic E-state index is 0. The number of amides is 2. The average molecular weight is 250 g/mol. The van der Waals surface area contributed by atoms with Crippen molar-refractivity contribution in [3.8, 4) is 0 Å². The minimum Gasteiger partial charge on any atom is -0.347 e. The molecule has 1 saturated heterocycles. The molecule has 0 bridgehead atoms. The van der Waals surface area contributed by atoms with E-state index < -0.39 is 0 Å². The zero-order chi connectivity index (χ0) is 11.3. The number of carbonyl (C=O) groups excluding carboxylic acids is 2. The van der Waals surface area contributed by atoms with Crippen molar-refractivity contribution in [3.05, 3.63) is 0 Å². The van der Waals surface area contributed by atoms with Gasteiger partial charge in [0.1, 0.15) is 0 Å². The third-order valence-electron chi connectivity index (χ3n) is 2.53. The molecule has 94 valence electrons. The summed E-state index contributed by atoms with van der Waals surface area (Å²) in [7, 11) is 3.35. The van der Waals surface area contributed by atoms with Crippen LogP contribution < -0.4 is 10.6 Å². The molecule has 1 fully saturated rings. The topological polar surface area (TPSA) is 61.4 Å². The molecule has 1 atom stereocenters. The predicted octanol–water partition coefficient (Wildman–Crippen LogP) is -0.245. The van der Waals surface area contributed by atoms with E-state index in [9.17, 15) is 9.59 Å². The second-order valence-electron chi connectivity index (χ2n) is 4.06. The van der Waals surface area contributed by atoms with Gasteiger partial charge in [-0.3, -0.25) is 9.59 Å². The van der Waals surface area contributed by atoms with Crippen molar-refractivity contribution in [1.82, 2.24) is 15.5 Å². The van der Waals surface area contributed by atoms with Gasteiger partial charge in [-0.1, -0.05) is 0 Å². The Hall–Kier alpha value is -0.810. The van der Waals surface area contributed by atoms with Gasteiger partial charge in [0.05, 0.1) is 6.54 Å². The molecule has 5 nitrogen and oxygen atoms in total. The van der Waals surface area contributed by atoms with Crippen molar-refractivity contribution >= 4 is 24.2 Å². The lowest BCUT2D eigenvalue weighted by atomic mass is 10.1. The smallest absolute Gasteiger partial charge is 0.241 e. The predicted molar refractivity (Wildman–Crippen MR) is 64.6 cm³/mol. The summed E-state index contributed by atoms with van der Waals surface area (Å²) in [4.78, 5) is 24.1. The van der Waals surface area contributed by atoms with E-state index in [1.807, 2.05) is 0 Å². The maximum atomic E-state index is 11.4. The third-order valence-corrected chi connectivity index (χ3v) is 2.53. The zero-order valence-electron chi connectivity index (χ0n) is 9.78. The zero-order valence-corrected chi connectivity index (χ0v) is 10.6. The summed E-state index contributed by atoms with van der Waals surface area (Å²) >= 11 is 0. The Labute approximate surface area is 102 Å². The van der Waals surface area contributed by atoms with Crippen molar-refractivity contribution in [1.29, 1.82) is 0 Å². The number of nitrogens with one attached hydrogen (secondary N) is 2. The normalized spacial score (nSPS) is 18.8. The standard InChI is InChI=1S/C10H19N3O2.ClH/c1-13(2)10(15)7-12-9(14)6-8-4-3-5-11-8;/h8,11H,3-7H2,1-2H3,(H,12,14);1H. The van der Waals surface area contributed by atoms with Crippen LogP contribution in [0.25, 0.3) is 0 Å². The Morgan fingerprint density at radius 1 is 1.44 bits per heavy atom. The SMILES string of the molecule is CN(C)C(=O)CNC(=O)CC1CCCN1.Cl. The van der Waals surface area contributed by atoms with E-state index >= 15 is 0 Å². The van der Waals surface area contributed by atoms with Crippen LogP contribution in [-0.4, -0.2) is 49.9 Å². The van der Waals surface area contributed by atoms with E-state index in [0.29, 0.717) is 12.5 Å². The third kappa shape index (κ3) is 5.32. The number of nitrogens with zero attached hydrogens (tertiary/aromatic N) is 1. The van der Waals surface area contributed by atoms with Crippen LogP contribution in [0.5, 0.6) is 0 Å². The van der Waals surface area contributed by atoms with Crippen LogP contribution in [0.15, 0.2) is 0 Å². The Morgan fingerprint density at radius 3 is 2.62 bits per heavy atom. The lowest BCUT2D eigenvalue weighted by Crippen LogP contribution is -2.38. The van der Waals surface area contributed by atoms with Crippen LogP contribution >= 0.6 is 12.4 Å². The lowest BCUT2D eigenvalue weighted by Gasteiger charge is -2.12. The fraction of sp³-hybridized carbons (Fsp3) is 0.800. The van der Waals surface area contributed by atoms with Crippen molar-refractivity contribution < 1.29 is 9.59 Å². The van der Waals surface area contributed by atoms with Crippen molar-refractivity contribution in [2.75, 3.05) is 27.2 Å². The van der Waals surface area contributed by atoms with Gasteiger partial charge in [-0.05, 0) is 19.4 Å². The van der Waals surface area contributed by atoms with E-state index in [0.717, 1.165) is 19.4 Å². The van der Waals surface area contributed by atoms with Gasteiger partial charge >= 0.3 is 0 Å². The summed E-state index contributed by atoms with van der Waals surface area (Å²) in [5.74, 6) is -0.132. The highest BCUT2D eigenvalue weighted by molar-refractivity contribution is 5.85. The molecule has 0 aliphatic carbocycles. The average Bonchev–Trinajstić information content (AvgIpc) is 2.66. The number of hydrogen-bond donors (Lipinski definition) is 2. The molecule has 1 heterocycles. The summed E-state index contributed by atoms with van der Waals surface area (Å²) in [6.45, 7) is 1.09. The fourth-order valence-electron chi connectivity index (χ4n) is 1.56. The maximum Gasteiger partial charge on any atom is 0.241 e. The molecule has 1 aliphatic heterocycles. The minimum atomic E-state index is -0.0808. The number of rotatable bonds is 4. The Bertz CT molecular complexity index is 240. The summed E-state index contributed by atoms with van der Waals surface area (Å²) in [5.41, 5.74) is 0. The highest BCUT2D eigenvalue weighted by Crippen LogP contribution is 2.07. The first-order chi connectivity index (χ1) is 7.09. The molecule has 0 aromatic rings. The number of carbonyl (C=O) groups is 2. The van der Waals surface area contributed by atoms with E-state index in [-0.39, 0.29) is 30.8 Å². The molecule has 0 saturated carbocycles. The highest BCUT2D eigenvalue weighted by Gasteiger charge is 2.17. The van der Waals surface area contributed by atoms with Crippen LogP contribution in [0.2, 0.25) is 0 Å². The fourth-order valence-corrected chi connectivity index (χ4v) is 1.56. The quantitative estimate of drug-likeness (QED) is 0.723. The summed E-state index contributed by atoms with van der Waals surface area (Å²) in [6.07, 6.45) is 2.66. The van der Waals surface area contributed by atoms with Gasteiger partial charge in [0.2, 0.25) is 11.8 Å². The van der Waals surface area contributed by atoms with Gasteiger partial charge in [0.25, 0.3) is 0 Å². The van der Waals surface area contributed by atoms with E-state index in [1.165, 1.54) is 4.90 Å². The largest absolute Gasteiger partial charge is 0.347 e. The van der Waals surface area contributed by atoms with Gasteiger partial charge in [-0.2, -0.15) is 0 Å². The van der Waals surface area contributed by atoms with Crippen molar-refractivity contribution in [2.45, 2.75) is 25.3 Å². The van der Waals surface area contributed by atoms with Gasteiger partial charge < -0.3 is 15.5 Å². The first-order valence-corrected chi connectivity index (χ1v) is 5.30. The molecule has 0 aromatic carbocycles. The first kappa shape index (κ1) is 15.2. The number of hydrogen-bond acceptors (Lipinski definition) is 3. The second-order valence-corrected chi connectivity index (χ2v) is 4.06. The van der Waals surface area contributed by atoms with Gasteiger partial charge in [0.15, 0.2) is 0 Å². The van der Waals surface area contributed by atoms with E-state index in [1.54, 1.807) is 14.1 Å². The molecule has 0 aromatic heterocycles. The van der Waals surface area contributed by atoms with Crippen molar-refractivity contribution in [2.24, 2.45) is 0 Å². The Balaban J connectivity index is 0.00000225. The molecule has 16 heavy (non-hydrogen) atoms. The molecule has 1 unspecified atom stereocenters. The van der Waals surface area contributed by atoms with Crippen LogP contribution in [0.1, 0.15) is 19.3 Å². The van der Waals surface area contributed by atoms with Gasteiger partial charge in [-0.25, -0.2) is 0 Å². The molecule has 0 radical (unpaired) electrons. The van der Waals surface area contributed by atoms with E-state index in [2.05, 4.69) is 10.6 Å². The highest BCUT2D eigenvalue weighted by atomic mass is 35.5. The van der Waals surface area contributed by atoms with Crippen LogP contribution in [-0.2, 0) is 9.59 Å². The van der Waals surface area contributed by atoms with E-state index in [4.69, 9.17) is 0 Å². The number of halogens is 1. The van der Waals surface area contributed by atoms with Gasteiger partial charge in [-0.15, -0.1) is 12.4 Å². The van der Waals surface area contributed by atoms with Crippen LogP contribution in [0, 0.1) is 0 Å². The Kier molecular flexibility index (Phi) is 7.08. The van der Waals surface area contributed by atoms with Gasteiger partial charge in [0, 0.05) is 26.6 Å². The number of likely N-dealkylation sites (N-methyl/N-ethyl adjacent to an activating group) is 1. The van der Waals surface area contributed by atoms with Crippen molar-refractivity contribution in [3.63, 3.8) is 0 Å². The van der Waals surface area contributed by atoms with Crippen LogP contribution in [0.4, 0.5) is 0 Å². The molecule has 2 amide bonds. The molecule has 2 N–H and O–H groups in total. The molecular formula is C10H20ClN3O2. The summed E-state index contributed by atoms with van der Waals surface area (Å²) < 4.78 is 0. The van der Waals surface area contributed by atoms with Crippen LogP contribution in [0.3, 0.4) is 0 Å². The molecule has 6 heteroatoms. The summed E-state index contributed by atoms with van der Waals surface area (Å²) in [6, 6.07) is 0.291. The molecule has 0 spiro atoms. The molecular weight excluding hydrogens is 230 g/mol. The monoisotopic (exact) mass is 249 g/mol. The lowest BCUT2D eigenvalue weighted by molar-refractivity contribution is -0.131. The summed E-state index contributed by atoms with van der Waals surface area (Å²) in [5, 5.41) is 5.86. The maximum absolute atomic E-state index is 11.4. The molecule has 1 rings (SSSR count).